The molecule has 0 aliphatic rings. The minimum atomic E-state index is -0.611. The maximum absolute atomic E-state index is 13.2. The molecule has 0 aliphatic heterocycles. The van der Waals surface area contributed by atoms with Crippen LogP contribution in [0.2, 0.25) is 0 Å². The minimum absolute atomic E-state index is 0.207. The van der Waals surface area contributed by atoms with E-state index in [-0.39, 0.29) is 17.5 Å². The van der Waals surface area contributed by atoms with Crippen molar-refractivity contribution in [3.63, 3.8) is 0 Å². The number of Topliss-reactive ketones (excluding diaryl/α,β-unsaturated/α-hetero) is 1. The van der Waals surface area contributed by atoms with E-state index in [1.165, 1.54) is 19.1 Å². The number of carbonyl (C=O) groups excluding carboxylic acids is 3. The number of ketones is 1. The van der Waals surface area contributed by atoms with E-state index in [9.17, 15) is 18.8 Å². The molecule has 0 spiro atoms. The number of carbonyl (C=O) groups is 3. The fourth-order valence-corrected chi connectivity index (χ4v) is 3.19. The third-order valence-electron chi connectivity index (χ3n) is 4.60. The Balaban J connectivity index is 1.69. The van der Waals surface area contributed by atoms with Crippen LogP contribution in [0.15, 0.2) is 54.6 Å². The van der Waals surface area contributed by atoms with Crippen molar-refractivity contribution >= 4 is 23.3 Å². The molecule has 154 valence electrons. The lowest BCUT2D eigenvalue weighted by Gasteiger charge is -2.10. The van der Waals surface area contributed by atoms with Crippen LogP contribution in [0.25, 0.3) is 5.69 Å². The molecule has 0 unspecified atom stereocenters. The lowest BCUT2D eigenvalue weighted by molar-refractivity contribution is -0.114. The van der Waals surface area contributed by atoms with Gasteiger partial charge in [0.15, 0.2) is 12.4 Å². The lowest BCUT2D eigenvalue weighted by atomic mass is 10.1. The zero-order valence-corrected chi connectivity index (χ0v) is 16.9. The second-order valence-electron chi connectivity index (χ2n) is 6.85. The van der Waals surface area contributed by atoms with Crippen molar-refractivity contribution < 1.29 is 23.5 Å². The molecule has 2 aromatic carbocycles. The number of halogens is 1. The molecule has 3 aromatic rings. The van der Waals surface area contributed by atoms with Crippen LogP contribution in [0, 0.1) is 19.7 Å². The summed E-state index contributed by atoms with van der Waals surface area (Å²) < 4.78 is 20.2. The summed E-state index contributed by atoms with van der Waals surface area (Å²) in [4.78, 5) is 35.9. The topological polar surface area (TPSA) is 77.4 Å². The van der Waals surface area contributed by atoms with Gasteiger partial charge in [0.1, 0.15) is 5.82 Å². The molecule has 1 aromatic heterocycles. The molecule has 30 heavy (non-hydrogen) atoms. The first-order valence-electron chi connectivity index (χ1n) is 9.29. The first-order chi connectivity index (χ1) is 14.3. The average molecular weight is 408 g/mol. The Morgan fingerprint density at radius 2 is 1.63 bits per heavy atom. The van der Waals surface area contributed by atoms with E-state index in [1.807, 2.05) is 11.5 Å². The molecule has 3 rings (SSSR count). The maximum Gasteiger partial charge on any atom is 0.340 e. The van der Waals surface area contributed by atoms with Gasteiger partial charge in [0.2, 0.25) is 5.91 Å². The molecule has 1 amide bonds. The van der Waals surface area contributed by atoms with Crippen LogP contribution in [0.1, 0.15) is 39.0 Å². The largest absolute Gasteiger partial charge is 0.454 e. The molecule has 0 saturated carbocycles. The number of amides is 1. The molecule has 0 aliphatic carbocycles. The van der Waals surface area contributed by atoms with Crippen LogP contribution < -0.4 is 5.32 Å². The standard InChI is InChI=1S/C23H21FN2O4/c1-14-12-21(15(2)26(14)20-10-6-18(24)7-11-20)23(29)30-13-22(28)17-4-8-19(9-5-17)25-16(3)27/h4-12H,13H2,1-3H3,(H,25,27). The van der Waals surface area contributed by atoms with Gasteiger partial charge in [-0.3, -0.25) is 9.59 Å². The Morgan fingerprint density at radius 1 is 1.00 bits per heavy atom. The first-order valence-corrected chi connectivity index (χ1v) is 9.29. The van der Waals surface area contributed by atoms with Crippen molar-refractivity contribution in [2.45, 2.75) is 20.8 Å². The highest BCUT2D eigenvalue weighted by atomic mass is 19.1. The number of nitrogens with zero attached hydrogens (tertiary/aromatic N) is 1. The number of esters is 1. The fourth-order valence-electron chi connectivity index (χ4n) is 3.19. The van der Waals surface area contributed by atoms with Gasteiger partial charge in [-0.15, -0.1) is 0 Å². The van der Waals surface area contributed by atoms with Crippen molar-refractivity contribution in [3.05, 3.63) is 82.9 Å². The number of ether oxygens (including phenoxy) is 1. The van der Waals surface area contributed by atoms with Crippen LogP contribution in [-0.4, -0.2) is 28.8 Å². The summed E-state index contributed by atoms with van der Waals surface area (Å²) in [6.07, 6.45) is 0. The Bertz CT molecular complexity index is 1100. The normalized spacial score (nSPS) is 10.5. The Kier molecular flexibility index (Phi) is 6.11. The number of hydrogen-bond acceptors (Lipinski definition) is 4. The highest BCUT2D eigenvalue weighted by molar-refractivity contribution is 6.00. The number of benzene rings is 2. The summed E-state index contributed by atoms with van der Waals surface area (Å²) in [7, 11) is 0. The highest BCUT2D eigenvalue weighted by Crippen LogP contribution is 2.22. The van der Waals surface area contributed by atoms with Gasteiger partial charge in [-0.25, -0.2) is 9.18 Å². The van der Waals surface area contributed by atoms with Crippen LogP contribution in [0.5, 0.6) is 0 Å². The summed E-state index contributed by atoms with van der Waals surface area (Å²) in [6.45, 7) is 4.58. The molecule has 1 N–H and O–H groups in total. The zero-order valence-electron chi connectivity index (χ0n) is 16.9. The molecule has 6 nitrogen and oxygen atoms in total. The van der Waals surface area contributed by atoms with Gasteiger partial charge in [0, 0.05) is 35.2 Å². The summed E-state index contributed by atoms with van der Waals surface area (Å²) in [5.41, 5.74) is 3.42. The highest BCUT2D eigenvalue weighted by Gasteiger charge is 2.19. The van der Waals surface area contributed by atoms with Crippen LogP contribution in [0.4, 0.5) is 10.1 Å². The zero-order chi connectivity index (χ0) is 21.8. The van der Waals surface area contributed by atoms with Gasteiger partial charge in [0.05, 0.1) is 5.56 Å². The predicted octanol–water partition coefficient (Wildman–Crippen LogP) is 4.23. The molecule has 0 radical (unpaired) electrons. The van der Waals surface area contributed by atoms with Crippen molar-refractivity contribution in [2.75, 3.05) is 11.9 Å². The third kappa shape index (κ3) is 4.63. The predicted molar refractivity (Wildman–Crippen MR) is 111 cm³/mol. The number of hydrogen-bond donors (Lipinski definition) is 1. The average Bonchev–Trinajstić information content (AvgIpc) is 3.01. The molecular weight excluding hydrogens is 387 g/mol. The van der Waals surface area contributed by atoms with Crippen LogP contribution in [-0.2, 0) is 9.53 Å². The van der Waals surface area contributed by atoms with Crippen LogP contribution in [0.3, 0.4) is 0 Å². The molecule has 1 heterocycles. The number of anilines is 1. The molecule has 0 fully saturated rings. The quantitative estimate of drug-likeness (QED) is 0.489. The van der Waals surface area contributed by atoms with E-state index in [0.717, 1.165) is 11.4 Å². The van der Waals surface area contributed by atoms with Crippen LogP contribution >= 0.6 is 0 Å². The van der Waals surface area contributed by atoms with E-state index in [4.69, 9.17) is 4.74 Å². The fraction of sp³-hybridized carbons (Fsp3) is 0.174. The van der Waals surface area contributed by atoms with E-state index in [1.54, 1.807) is 49.4 Å². The second kappa shape index (κ2) is 8.73. The molecule has 0 bridgehead atoms. The Labute approximate surface area is 173 Å². The monoisotopic (exact) mass is 408 g/mol. The molecule has 0 atom stereocenters. The summed E-state index contributed by atoms with van der Waals surface area (Å²) in [6, 6.07) is 13.9. The van der Waals surface area contributed by atoms with Crippen molar-refractivity contribution in [1.82, 2.24) is 4.57 Å². The van der Waals surface area contributed by atoms with Gasteiger partial charge < -0.3 is 14.6 Å². The smallest absolute Gasteiger partial charge is 0.340 e. The van der Waals surface area contributed by atoms with Crippen molar-refractivity contribution in [2.24, 2.45) is 0 Å². The van der Waals surface area contributed by atoms with Gasteiger partial charge in [-0.1, -0.05) is 0 Å². The van der Waals surface area contributed by atoms with Gasteiger partial charge in [-0.05, 0) is 68.4 Å². The number of aromatic nitrogens is 1. The van der Waals surface area contributed by atoms with Crippen molar-refractivity contribution in [3.8, 4) is 5.69 Å². The molecule has 0 saturated heterocycles. The van der Waals surface area contributed by atoms with Gasteiger partial charge in [-0.2, -0.15) is 0 Å². The second-order valence-corrected chi connectivity index (χ2v) is 6.85. The summed E-state index contributed by atoms with van der Waals surface area (Å²) in [5, 5.41) is 2.61. The number of aryl methyl sites for hydroxylation is 1. The minimum Gasteiger partial charge on any atom is -0.454 e. The Morgan fingerprint density at radius 3 is 2.23 bits per heavy atom. The van der Waals surface area contributed by atoms with E-state index in [0.29, 0.717) is 22.5 Å². The maximum atomic E-state index is 13.2. The summed E-state index contributed by atoms with van der Waals surface area (Å²) in [5.74, 6) is -1.52. The first kappa shape index (κ1) is 21.0. The van der Waals surface area contributed by atoms with E-state index >= 15 is 0 Å². The van der Waals surface area contributed by atoms with Gasteiger partial charge in [0.25, 0.3) is 0 Å². The van der Waals surface area contributed by atoms with E-state index in [2.05, 4.69) is 5.32 Å². The van der Waals surface area contributed by atoms with Gasteiger partial charge >= 0.3 is 5.97 Å². The Hall–Kier alpha value is -3.74. The molecule has 7 heteroatoms. The number of rotatable bonds is 6. The molecular formula is C23H21FN2O4. The number of nitrogens with one attached hydrogen (secondary N) is 1. The SMILES string of the molecule is CC(=O)Nc1ccc(C(=O)COC(=O)c2cc(C)n(-c3ccc(F)cc3)c2C)cc1. The summed E-state index contributed by atoms with van der Waals surface area (Å²) >= 11 is 0. The third-order valence-corrected chi connectivity index (χ3v) is 4.60. The van der Waals surface area contributed by atoms with E-state index < -0.39 is 12.6 Å². The lowest BCUT2D eigenvalue weighted by Crippen LogP contribution is -2.15. The van der Waals surface area contributed by atoms with Crippen molar-refractivity contribution in [1.29, 1.82) is 0 Å².